The van der Waals surface area contributed by atoms with Crippen molar-refractivity contribution >= 4 is 11.4 Å². The zero-order valence-electron chi connectivity index (χ0n) is 22.0. The van der Waals surface area contributed by atoms with Crippen molar-refractivity contribution in [2.45, 2.75) is 54.4 Å². The molecule has 0 aliphatic rings. The molecule has 0 spiro atoms. The van der Waals surface area contributed by atoms with Crippen LogP contribution in [-0.2, 0) is 0 Å². The molecule has 0 fully saturated rings. The minimum absolute atomic E-state index is 0.0554. The van der Waals surface area contributed by atoms with E-state index in [1.807, 2.05) is 83.3 Å². The number of ketones is 1. The van der Waals surface area contributed by atoms with E-state index in [0.29, 0.717) is 17.8 Å². The molecule has 0 unspecified atom stereocenters. The van der Waals surface area contributed by atoms with Crippen LogP contribution in [0.25, 0.3) is 16.8 Å². The van der Waals surface area contributed by atoms with Crippen LogP contribution in [0.4, 0.5) is 0 Å². The van der Waals surface area contributed by atoms with Gasteiger partial charge in [0.1, 0.15) is 17.2 Å². The number of Topliss-reactive ketones (excluding diaryl/α,β-unsaturated/α-hetero) is 1. The Bertz CT molecular complexity index is 1210. The lowest BCUT2D eigenvalue weighted by Crippen LogP contribution is -1.99. The van der Waals surface area contributed by atoms with Gasteiger partial charge in [-0.3, -0.25) is 4.79 Å². The highest BCUT2D eigenvalue weighted by Gasteiger charge is 2.11. The number of carbonyl (C=O) groups is 1. The Morgan fingerprint density at radius 1 is 0.971 bits per heavy atom. The second kappa shape index (κ2) is 13.9. The fraction of sp³-hybridized carbons (Fsp3) is 0.345. The van der Waals surface area contributed by atoms with E-state index in [-0.39, 0.29) is 5.78 Å². The molecular formula is C29H37N3O3. The first-order valence-corrected chi connectivity index (χ1v) is 12.2. The van der Waals surface area contributed by atoms with Gasteiger partial charge in [-0.1, -0.05) is 44.5 Å². The lowest BCUT2D eigenvalue weighted by Gasteiger charge is -2.07. The molecule has 35 heavy (non-hydrogen) atoms. The van der Waals surface area contributed by atoms with E-state index in [2.05, 4.69) is 17.0 Å². The van der Waals surface area contributed by atoms with Crippen molar-refractivity contribution in [3.8, 4) is 22.6 Å². The molecule has 0 saturated carbocycles. The number of aryl methyl sites for hydroxylation is 2. The SMILES string of the molecule is CC.CCCC(=O)c1cc2ncc(-c3ccc(OC)c(C)c3)cn2n1.CCOc1ccc(C)cc1. The molecule has 186 valence electrons. The first-order valence-electron chi connectivity index (χ1n) is 12.2. The maximum atomic E-state index is 12.0. The third-order valence-corrected chi connectivity index (χ3v) is 5.14. The van der Waals surface area contributed by atoms with Crippen molar-refractivity contribution in [3.05, 3.63) is 77.7 Å². The van der Waals surface area contributed by atoms with Crippen LogP contribution in [-0.4, -0.2) is 34.1 Å². The predicted molar refractivity (Wildman–Crippen MR) is 143 cm³/mol. The van der Waals surface area contributed by atoms with E-state index in [1.54, 1.807) is 23.9 Å². The summed E-state index contributed by atoms with van der Waals surface area (Å²) in [5.74, 6) is 1.86. The Hall–Kier alpha value is -3.67. The van der Waals surface area contributed by atoms with Crippen LogP contribution in [0, 0.1) is 13.8 Å². The summed E-state index contributed by atoms with van der Waals surface area (Å²) >= 11 is 0. The molecule has 0 aliphatic heterocycles. The fourth-order valence-corrected chi connectivity index (χ4v) is 3.38. The van der Waals surface area contributed by atoms with Gasteiger partial charge >= 0.3 is 0 Å². The van der Waals surface area contributed by atoms with Crippen molar-refractivity contribution < 1.29 is 14.3 Å². The first kappa shape index (κ1) is 27.6. The maximum absolute atomic E-state index is 12.0. The summed E-state index contributed by atoms with van der Waals surface area (Å²) in [4.78, 5) is 16.4. The Morgan fingerprint density at radius 3 is 2.29 bits per heavy atom. The number of hydrogen-bond acceptors (Lipinski definition) is 5. The Morgan fingerprint density at radius 2 is 1.69 bits per heavy atom. The van der Waals surface area contributed by atoms with Crippen molar-refractivity contribution in [2.75, 3.05) is 13.7 Å². The van der Waals surface area contributed by atoms with Crippen LogP contribution in [0.3, 0.4) is 0 Å². The lowest BCUT2D eigenvalue weighted by atomic mass is 10.1. The first-order chi connectivity index (χ1) is 16.9. The number of hydrogen-bond donors (Lipinski definition) is 0. The van der Waals surface area contributed by atoms with Crippen LogP contribution in [0.2, 0.25) is 0 Å². The highest BCUT2D eigenvalue weighted by molar-refractivity contribution is 5.95. The van der Waals surface area contributed by atoms with Gasteiger partial charge in [-0.2, -0.15) is 5.10 Å². The molecule has 0 bridgehead atoms. The molecular weight excluding hydrogens is 438 g/mol. The molecule has 0 atom stereocenters. The highest BCUT2D eigenvalue weighted by Crippen LogP contribution is 2.25. The molecule has 6 nitrogen and oxygen atoms in total. The van der Waals surface area contributed by atoms with E-state index in [1.165, 1.54) is 5.56 Å². The van der Waals surface area contributed by atoms with Crippen LogP contribution in [0.5, 0.6) is 11.5 Å². The number of ether oxygens (including phenoxy) is 2. The van der Waals surface area contributed by atoms with Crippen LogP contribution >= 0.6 is 0 Å². The monoisotopic (exact) mass is 475 g/mol. The van der Waals surface area contributed by atoms with Gasteiger partial charge in [-0.25, -0.2) is 9.50 Å². The maximum Gasteiger partial charge on any atom is 0.183 e. The summed E-state index contributed by atoms with van der Waals surface area (Å²) in [5.41, 5.74) is 5.46. The second-order valence-corrected chi connectivity index (χ2v) is 7.78. The molecule has 0 amide bonds. The third kappa shape index (κ3) is 7.67. The third-order valence-electron chi connectivity index (χ3n) is 5.14. The molecule has 0 aliphatic carbocycles. The minimum Gasteiger partial charge on any atom is -0.496 e. The number of benzene rings is 2. The van der Waals surface area contributed by atoms with E-state index in [9.17, 15) is 4.79 Å². The van der Waals surface area contributed by atoms with Crippen molar-refractivity contribution in [3.63, 3.8) is 0 Å². The number of rotatable bonds is 7. The Balaban J connectivity index is 0.000000302. The molecule has 0 saturated heterocycles. The summed E-state index contributed by atoms with van der Waals surface area (Å²) in [6.07, 6.45) is 5.02. The molecule has 2 aromatic carbocycles. The van der Waals surface area contributed by atoms with E-state index >= 15 is 0 Å². The topological polar surface area (TPSA) is 65.7 Å². The summed E-state index contributed by atoms with van der Waals surface area (Å²) in [7, 11) is 1.66. The molecule has 2 aromatic heterocycles. The van der Waals surface area contributed by atoms with Gasteiger partial charge < -0.3 is 9.47 Å². The second-order valence-electron chi connectivity index (χ2n) is 7.78. The van der Waals surface area contributed by atoms with E-state index in [4.69, 9.17) is 9.47 Å². The van der Waals surface area contributed by atoms with Gasteiger partial charge in [0.2, 0.25) is 0 Å². The molecule has 4 rings (SSSR count). The lowest BCUT2D eigenvalue weighted by molar-refractivity contribution is 0.0976. The summed E-state index contributed by atoms with van der Waals surface area (Å²) < 4.78 is 12.2. The van der Waals surface area contributed by atoms with Crippen molar-refractivity contribution in [2.24, 2.45) is 0 Å². The number of carbonyl (C=O) groups excluding carboxylic acids is 1. The molecule has 2 heterocycles. The molecule has 6 heteroatoms. The smallest absolute Gasteiger partial charge is 0.183 e. The number of methoxy groups -OCH3 is 1. The Labute approximate surface area is 208 Å². The van der Waals surface area contributed by atoms with Gasteiger partial charge in [0.05, 0.1) is 13.7 Å². The van der Waals surface area contributed by atoms with Gasteiger partial charge in [-0.05, 0) is 62.6 Å². The zero-order valence-corrected chi connectivity index (χ0v) is 22.0. The molecule has 0 N–H and O–H groups in total. The largest absolute Gasteiger partial charge is 0.496 e. The van der Waals surface area contributed by atoms with Crippen LogP contribution in [0.1, 0.15) is 62.2 Å². The van der Waals surface area contributed by atoms with Gasteiger partial charge in [0, 0.05) is 30.4 Å². The number of fused-ring (bicyclic) bond motifs is 1. The van der Waals surface area contributed by atoms with Crippen molar-refractivity contribution in [1.82, 2.24) is 14.6 Å². The standard InChI is InChI=1S/C18H19N3O2.C9H12O.C2H6/c1-4-5-16(22)15-9-18-19-10-14(11-21(18)20-15)13-6-7-17(23-3)12(2)8-13;1-3-10-9-6-4-8(2)5-7-9;1-2/h6-11H,4-5H2,1-3H3;4-7H,3H2,1-2H3;1-2H3. The highest BCUT2D eigenvalue weighted by atomic mass is 16.5. The average Bonchev–Trinajstić information content (AvgIpc) is 3.31. The van der Waals surface area contributed by atoms with Crippen molar-refractivity contribution in [1.29, 1.82) is 0 Å². The average molecular weight is 476 g/mol. The quantitative estimate of drug-likeness (QED) is 0.266. The van der Waals surface area contributed by atoms with Crippen LogP contribution < -0.4 is 9.47 Å². The summed E-state index contributed by atoms with van der Waals surface area (Å²) in [5, 5.41) is 4.35. The van der Waals surface area contributed by atoms with E-state index < -0.39 is 0 Å². The van der Waals surface area contributed by atoms with Crippen LogP contribution in [0.15, 0.2) is 60.9 Å². The normalized spacial score (nSPS) is 10.0. The van der Waals surface area contributed by atoms with Gasteiger partial charge in [-0.15, -0.1) is 0 Å². The van der Waals surface area contributed by atoms with Gasteiger partial charge in [0.25, 0.3) is 0 Å². The molecule has 0 radical (unpaired) electrons. The molecule has 4 aromatic rings. The number of aromatic nitrogens is 3. The van der Waals surface area contributed by atoms with Gasteiger partial charge in [0.15, 0.2) is 11.4 Å². The fourth-order valence-electron chi connectivity index (χ4n) is 3.38. The minimum atomic E-state index is 0.0554. The predicted octanol–water partition coefficient (Wildman–Crippen LogP) is 7.12. The Kier molecular flexibility index (Phi) is 10.9. The summed E-state index contributed by atoms with van der Waals surface area (Å²) in [6, 6.07) is 15.8. The number of nitrogens with zero attached hydrogens (tertiary/aromatic N) is 3. The zero-order chi connectivity index (χ0) is 25.8. The van der Waals surface area contributed by atoms with E-state index in [0.717, 1.165) is 41.2 Å². The summed E-state index contributed by atoms with van der Waals surface area (Å²) in [6.45, 7) is 12.8.